The minimum atomic E-state index is -4.60. The van der Waals surface area contributed by atoms with Gasteiger partial charge in [0, 0.05) is 73.6 Å². The van der Waals surface area contributed by atoms with E-state index in [2.05, 4.69) is 25.3 Å². The van der Waals surface area contributed by atoms with Crippen molar-refractivity contribution in [2.24, 2.45) is 0 Å². The summed E-state index contributed by atoms with van der Waals surface area (Å²) in [5.41, 5.74) is 4.79. The third-order valence-corrected chi connectivity index (χ3v) is 7.06. The van der Waals surface area contributed by atoms with Crippen LogP contribution in [-0.2, 0) is 23.9 Å². The number of aromatic nitrogens is 4. The molecular weight excluding hydrogens is 512 g/mol. The standard InChI is InChI=1S/C28H26F4N6O/c1-2-33-23-12-18(29)11-21-20(23)13-24-26(21)27(38-6-5-25(36-38)28(30,31)32)22(15-35-24)17-3-4-19(34-14-17)16-37-7-9-39-10-8-37/h3-6,11-12,14-15,33H,2,7-10,13,16H2,1H3. The number of alkyl halides is 3. The summed E-state index contributed by atoms with van der Waals surface area (Å²) < 4.78 is 61.9. The lowest BCUT2D eigenvalue weighted by Gasteiger charge is -2.26. The van der Waals surface area contributed by atoms with E-state index in [4.69, 9.17) is 4.74 Å². The van der Waals surface area contributed by atoms with Gasteiger partial charge < -0.3 is 10.1 Å². The lowest BCUT2D eigenvalue weighted by atomic mass is 9.99. The molecule has 1 N–H and O–H groups in total. The largest absolute Gasteiger partial charge is 0.435 e. The quantitative estimate of drug-likeness (QED) is 0.295. The fourth-order valence-electron chi connectivity index (χ4n) is 5.24. The van der Waals surface area contributed by atoms with Crippen LogP contribution in [0.5, 0.6) is 0 Å². The normalized spacial score (nSPS) is 15.3. The summed E-state index contributed by atoms with van der Waals surface area (Å²) in [4.78, 5) is 11.6. The molecule has 202 valence electrons. The molecule has 39 heavy (non-hydrogen) atoms. The number of pyridine rings is 2. The zero-order valence-corrected chi connectivity index (χ0v) is 21.2. The Kier molecular flexibility index (Phi) is 6.56. The molecule has 0 saturated carbocycles. The Morgan fingerprint density at radius 2 is 1.85 bits per heavy atom. The zero-order valence-electron chi connectivity index (χ0n) is 21.2. The molecule has 1 aliphatic carbocycles. The minimum Gasteiger partial charge on any atom is -0.385 e. The van der Waals surface area contributed by atoms with E-state index in [1.165, 1.54) is 23.0 Å². The minimum absolute atomic E-state index is 0.407. The Labute approximate surface area is 222 Å². The van der Waals surface area contributed by atoms with Gasteiger partial charge in [-0.2, -0.15) is 18.3 Å². The van der Waals surface area contributed by atoms with Crippen LogP contribution in [0.4, 0.5) is 23.2 Å². The highest BCUT2D eigenvalue weighted by Gasteiger charge is 2.35. The number of halogens is 4. The average molecular weight is 539 g/mol. The predicted molar refractivity (Wildman–Crippen MR) is 138 cm³/mol. The number of anilines is 1. The molecule has 1 aromatic carbocycles. The van der Waals surface area contributed by atoms with E-state index in [9.17, 15) is 17.6 Å². The van der Waals surface area contributed by atoms with Crippen LogP contribution in [0, 0.1) is 5.82 Å². The van der Waals surface area contributed by atoms with E-state index >= 15 is 0 Å². The van der Waals surface area contributed by atoms with Gasteiger partial charge in [0.25, 0.3) is 0 Å². The van der Waals surface area contributed by atoms with Gasteiger partial charge in [-0.25, -0.2) is 9.07 Å². The third-order valence-electron chi connectivity index (χ3n) is 7.06. The summed E-state index contributed by atoms with van der Waals surface area (Å²) in [5.74, 6) is -0.445. The summed E-state index contributed by atoms with van der Waals surface area (Å²) >= 11 is 0. The van der Waals surface area contributed by atoms with Crippen molar-refractivity contribution in [1.82, 2.24) is 24.6 Å². The van der Waals surface area contributed by atoms with Crippen LogP contribution in [0.15, 0.2) is 48.9 Å². The van der Waals surface area contributed by atoms with Crippen molar-refractivity contribution in [2.45, 2.75) is 26.1 Å². The Morgan fingerprint density at radius 1 is 1.03 bits per heavy atom. The Bertz CT molecular complexity index is 1510. The molecule has 2 aliphatic rings. The molecule has 3 aromatic heterocycles. The number of benzene rings is 1. The fourth-order valence-corrected chi connectivity index (χ4v) is 5.24. The van der Waals surface area contributed by atoms with Crippen molar-refractivity contribution in [3.05, 3.63) is 77.4 Å². The van der Waals surface area contributed by atoms with E-state index in [0.717, 1.165) is 30.4 Å². The SMILES string of the molecule is CCNc1cc(F)cc2c1Cc1ncc(-c3ccc(CN4CCOCC4)nc3)c(-n3ccc(C(F)(F)F)n3)c1-2. The van der Waals surface area contributed by atoms with Gasteiger partial charge in [0.05, 0.1) is 30.3 Å². The average Bonchev–Trinajstić information content (AvgIpc) is 3.55. The highest BCUT2D eigenvalue weighted by Crippen LogP contribution is 2.46. The van der Waals surface area contributed by atoms with Crippen LogP contribution in [-0.4, -0.2) is 57.5 Å². The number of hydrogen-bond acceptors (Lipinski definition) is 6. The van der Waals surface area contributed by atoms with Crippen molar-refractivity contribution in [3.63, 3.8) is 0 Å². The molecule has 0 radical (unpaired) electrons. The van der Waals surface area contributed by atoms with Gasteiger partial charge >= 0.3 is 6.18 Å². The molecule has 4 aromatic rings. The Balaban J connectivity index is 1.48. The first-order valence-electron chi connectivity index (χ1n) is 12.8. The molecule has 11 heteroatoms. The molecule has 7 nitrogen and oxygen atoms in total. The van der Waals surface area contributed by atoms with Gasteiger partial charge in [-0.1, -0.05) is 6.07 Å². The van der Waals surface area contributed by atoms with Crippen molar-refractivity contribution < 1.29 is 22.3 Å². The first-order valence-corrected chi connectivity index (χ1v) is 12.8. The molecule has 0 atom stereocenters. The lowest BCUT2D eigenvalue weighted by Crippen LogP contribution is -2.35. The first kappa shape index (κ1) is 25.4. The predicted octanol–water partition coefficient (Wildman–Crippen LogP) is 5.32. The van der Waals surface area contributed by atoms with Gasteiger partial charge in [0.2, 0.25) is 0 Å². The van der Waals surface area contributed by atoms with Crippen LogP contribution in [0.25, 0.3) is 27.9 Å². The maximum absolute atomic E-state index is 14.7. The van der Waals surface area contributed by atoms with E-state index in [-0.39, 0.29) is 0 Å². The molecule has 0 spiro atoms. The van der Waals surface area contributed by atoms with Crippen LogP contribution in [0.1, 0.15) is 29.6 Å². The van der Waals surface area contributed by atoms with Crippen molar-refractivity contribution >= 4 is 5.69 Å². The van der Waals surface area contributed by atoms with Crippen LogP contribution in [0.3, 0.4) is 0 Å². The van der Waals surface area contributed by atoms with E-state index in [0.29, 0.717) is 72.0 Å². The molecule has 6 rings (SSSR count). The molecule has 1 fully saturated rings. The molecule has 1 aliphatic heterocycles. The number of rotatable bonds is 6. The number of ether oxygens (including phenoxy) is 1. The molecule has 0 amide bonds. The maximum atomic E-state index is 14.7. The Hall–Kier alpha value is -3.83. The van der Waals surface area contributed by atoms with Crippen molar-refractivity contribution in [2.75, 3.05) is 38.2 Å². The van der Waals surface area contributed by atoms with Crippen LogP contribution < -0.4 is 5.32 Å². The second-order valence-electron chi connectivity index (χ2n) is 9.60. The zero-order chi connectivity index (χ0) is 27.1. The molecule has 0 unspecified atom stereocenters. The lowest BCUT2D eigenvalue weighted by molar-refractivity contribution is -0.141. The summed E-state index contributed by atoms with van der Waals surface area (Å²) in [7, 11) is 0. The fraction of sp³-hybridized carbons (Fsp3) is 0.321. The highest BCUT2D eigenvalue weighted by molar-refractivity contribution is 5.91. The maximum Gasteiger partial charge on any atom is 0.435 e. The summed E-state index contributed by atoms with van der Waals surface area (Å²) in [6, 6.07) is 7.57. The molecule has 1 saturated heterocycles. The van der Waals surface area contributed by atoms with Gasteiger partial charge in [-0.15, -0.1) is 0 Å². The van der Waals surface area contributed by atoms with Gasteiger partial charge in [-0.3, -0.25) is 14.9 Å². The van der Waals surface area contributed by atoms with Crippen LogP contribution >= 0.6 is 0 Å². The third kappa shape index (κ3) is 4.87. The van der Waals surface area contributed by atoms with Gasteiger partial charge in [0.15, 0.2) is 5.69 Å². The summed E-state index contributed by atoms with van der Waals surface area (Å²) in [5, 5.41) is 7.07. The van der Waals surface area contributed by atoms with Gasteiger partial charge in [0.1, 0.15) is 5.82 Å². The second-order valence-corrected chi connectivity index (χ2v) is 9.60. The smallest absolute Gasteiger partial charge is 0.385 e. The van der Waals surface area contributed by atoms with Crippen molar-refractivity contribution in [1.29, 1.82) is 0 Å². The monoisotopic (exact) mass is 538 g/mol. The molecule has 0 bridgehead atoms. The molecular formula is C28H26F4N6O. The topological polar surface area (TPSA) is 68.1 Å². The van der Waals surface area contributed by atoms with E-state index in [1.807, 2.05) is 19.1 Å². The highest BCUT2D eigenvalue weighted by atomic mass is 19.4. The van der Waals surface area contributed by atoms with E-state index < -0.39 is 17.7 Å². The van der Waals surface area contributed by atoms with Gasteiger partial charge in [-0.05, 0) is 42.3 Å². The Morgan fingerprint density at radius 3 is 2.54 bits per heavy atom. The number of nitrogens with one attached hydrogen (secondary N) is 1. The van der Waals surface area contributed by atoms with Crippen molar-refractivity contribution in [3.8, 4) is 27.9 Å². The first-order chi connectivity index (χ1) is 18.8. The second kappa shape index (κ2) is 10.0. The molecule has 4 heterocycles. The number of fused-ring (bicyclic) bond motifs is 3. The summed E-state index contributed by atoms with van der Waals surface area (Å²) in [6.07, 6.45) is 0.432. The summed E-state index contributed by atoms with van der Waals surface area (Å²) in [6.45, 7) is 6.20. The number of hydrogen-bond donors (Lipinski definition) is 1. The van der Waals surface area contributed by atoms with E-state index in [1.54, 1.807) is 12.4 Å². The number of morpholine rings is 1. The van der Waals surface area contributed by atoms with Crippen LogP contribution in [0.2, 0.25) is 0 Å². The number of nitrogens with zero attached hydrogens (tertiary/aromatic N) is 5.